The minimum atomic E-state index is -4.05. The highest BCUT2D eigenvalue weighted by Crippen LogP contribution is 2.25. The molecule has 1 fully saturated rings. The molecule has 206 valence electrons. The van der Waals surface area contributed by atoms with Crippen molar-refractivity contribution < 1.29 is 18.0 Å². The zero-order valence-corrected chi connectivity index (χ0v) is 24.4. The molecule has 0 spiro atoms. The second kappa shape index (κ2) is 13.3. The molecule has 1 atom stereocenters. The van der Waals surface area contributed by atoms with E-state index >= 15 is 0 Å². The molecule has 0 saturated heterocycles. The Morgan fingerprint density at radius 2 is 1.49 bits per heavy atom. The average Bonchev–Trinajstić information content (AvgIpc) is 2.96. The highest BCUT2D eigenvalue weighted by atomic mass is 79.9. The van der Waals surface area contributed by atoms with Crippen molar-refractivity contribution in [2.24, 2.45) is 0 Å². The highest BCUT2D eigenvalue weighted by molar-refractivity contribution is 9.10. The van der Waals surface area contributed by atoms with E-state index in [-0.39, 0.29) is 23.4 Å². The van der Waals surface area contributed by atoms with Crippen molar-refractivity contribution in [2.45, 2.75) is 62.6 Å². The number of amides is 2. The van der Waals surface area contributed by atoms with Gasteiger partial charge in [0.15, 0.2) is 0 Å². The Bertz CT molecular complexity index is 1350. The van der Waals surface area contributed by atoms with E-state index in [0.29, 0.717) is 5.69 Å². The molecular weight excluding hydrogens is 578 g/mol. The lowest BCUT2D eigenvalue weighted by atomic mass is 9.95. The predicted molar refractivity (Wildman–Crippen MR) is 157 cm³/mol. The van der Waals surface area contributed by atoms with Gasteiger partial charge in [0.2, 0.25) is 11.8 Å². The van der Waals surface area contributed by atoms with Crippen LogP contribution in [0.25, 0.3) is 0 Å². The molecule has 0 unspecified atom stereocenters. The molecule has 4 rings (SSSR count). The maximum absolute atomic E-state index is 13.9. The smallest absolute Gasteiger partial charge is 0.264 e. The molecule has 9 heteroatoms. The Morgan fingerprint density at radius 3 is 2.10 bits per heavy atom. The summed E-state index contributed by atoms with van der Waals surface area (Å²) in [6, 6.07) is 23.4. The Labute approximate surface area is 239 Å². The van der Waals surface area contributed by atoms with Gasteiger partial charge in [-0.3, -0.25) is 13.9 Å². The number of sulfonamides is 1. The van der Waals surface area contributed by atoms with Gasteiger partial charge in [-0.1, -0.05) is 83.7 Å². The molecule has 1 aliphatic carbocycles. The van der Waals surface area contributed by atoms with Gasteiger partial charge in [-0.25, -0.2) is 8.42 Å². The summed E-state index contributed by atoms with van der Waals surface area (Å²) in [5, 5.41) is 3.12. The van der Waals surface area contributed by atoms with E-state index in [0.717, 1.165) is 40.0 Å². The largest absolute Gasteiger partial charge is 0.352 e. The summed E-state index contributed by atoms with van der Waals surface area (Å²) in [4.78, 5) is 28.8. The van der Waals surface area contributed by atoms with Crippen LogP contribution in [0.1, 0.15) is 44.6 Å². The average molecular weight is 613 g/mol. The van der Waals surface area contributed by atoms with Crippen LogP contribution in [-0.2, 0) is 26.2 Å². The Balaban J connectivity index is 1.64. The molecular formula is C30H34BrN3O4S. The lowest BCUT2D eigenvalue weighted by Crippen LogP contribution is -2.53. The van der Waals surface area contributed by atoms with Crippen LogP contribution in [0.5, 0.6) is 0 Å². The van der Waals surface area contributed by atoms with E-state index < -0.39 is 28.5 Å². The van der Waals surface area contributed by atoms with E-state index in [9.17, 15) is 18.0 Å². The molecule has 0 bridgehead atoms. The Morgan fingerprint density at radius 1 is 0.897 bits per heavy atom. The number of carbonyl (C=O) groups is 2. The van der Waals surface area contributed by atoms with Crippen molar-refractivity contribution in [1.82, 2.24) is 10.2 Å². The van der Waals surface area contributed by atoms with Crippen molar-refractivity contribution in [3.8, 4) is 0 Å². The van der Waals surface area contributed by atoms with E-state index in [1.54, 1.807) is 55.5 Å². The number of benzene rings is 3. The molecule has 3 aromatic carbocycles. The van der Waals surface area contributed by atoms with Gasteiger partial charge >= 0.3 is 0 Å². The summed E-state index contributed by atoms with van der Waals surface area (Å²) in [5.41, 5.74) is 1.21. The van der Waals surface area contributed by atoms with Gasteiger partial charge in [0.05, 0.1) is 10.6 Å². The topological polar surface area (TPSA) is 86.8 Å². The Kier molecular flexibility index (Phi) is 9.80. The first-order valence-electron chi connectivity index (χ1n) is 13.2. The molecule has 2 amide bonds. The minimum absolute atomic E-state index is 0.0872. The Hall–Kier alpha value is -3.17. The van der Waals surface area contributed by atoms with Crippen LogP contribution in [0.3, 0.4) is 0 Å². The lowest BCUT2D eigenvalue weighted by Gasteiger charge is -2.33. The zero-order chi connectivity index (χ0) is 27.8. The standard InChI is InChI=1S/C30H34BrN3O4S/c1-23(30(36)32-26-11-5-2-6-12-26)33(21-24-17-19-25(31)20-18-24)29(35)22-34(27-13-7-3-8-14-27)39(37,38)28-15-9-4-10-16-28/h3-4,7-10,13-20,23,26H,2,5-6,11-12,21-22H2,1H3,(H,32,36)/t23-/m1/s1. The summed E-state index contributed by atoms with van der Waals surface area (Å²) in [6.45, 7) is 1.42. The van der Waals surface area contributed by atoms with Gasteiger partial charge in [0, 0.05) is 17.1 Å². The van der Waals surface area contributed by atoms with Gasteiger partial charge in [-0.05, 0) is 61.7 Å². The van der Waals surface area contributed by atoms with Gasteiger partial charge in [0.25, 0.3) is 10.0 Å². The first kappa shape index (κ1) is 28.8. The molecule has 0 aliphatic heterocycles. The molecule has 0 heterocycles. The number of halogens is 1. The minimum Gasteiger partial charge on any atom is -0.352 e. The van der Waals surface area contributed by atoms with Crippen molar-refractivity contribution in [2.75, 3.05) is 10.8 Å². The van der Waals surface area contributed by atoms with Crippen LogP contribution in [0.15, 0.2) is 94.3 Å². The van der Waals surface area contributed by atoms with Crippen molar-refractivity contribution in [1.29, 1.82) is 0 Å². The van der Waals surface area contributed by atoms with Crippen LogP contribution in [-0.4, -0.2) is 43.8 Å². The normalized spacial score (nSPS) is 14.8. The van der Waals surface area contributed by atoms with E-state index in [1.165, 1.54) is 23.5 Å². The lowest BCUT2D eigenvalue weighted by molar-refractivity contribution is -0.139. The third-order valence-corrected chi connectivity index (χ3v) is 9.36. The SMILES string of the molecule is C[C@H](C(=O)NC1CCCCC1)N(Cc1ccc(Br)cc1)C(=O)CN(c1ccccc1)S(=O)(=O)c1ccccc1. The number of para-hydroxylation sites is 1. The molecule has 1 saturated carbocycles. The number of hydrogen-bond donors (Lipinski definition) is 1. The zero-order valence-electron chi connectivity index (χ0n) is 22.0. The van der Waals surface area contributed by atoms with E-state index in [4.69, 9.17) is 0 Å². The molecule has 7 nitrogen and oxygen atoms in total. The summed E-state index contributed by atoms with van der Waals surface area (Å²) in [5.74, 6) is -0.697. The van der Waals surface area contributed by atoms with Crippen molar-refractivity contribution in [3.05, 3.63) is 95.0 Å². The first-order chi connectivity index (χ1) is 18.8. The van der Waals surface area contributed by atoms with Crippen LogP contribution in [0.4, 0.5) is 5.69 Å². The fraction of sp³-hybridized carbons (Fsp3) is 0.333. The van der Waals surface area contributed by atoms with Gasteiger partial charge in [0.1, 0.15) is 12.6 Å². The van der Waals surface area contributed by atoms with Gasteiger partial charge in [-0.2, -0.15) is 0 Å². The number of nitrogens with zero attached hydrogens (tertiary/aromatic N) is 2. The van der Waals surface area contributed by atoms with Crippen LogP contribution in [0, 0.1) is 0 Å². The van der Waals surface area contributed by atoms with Crippen molar-refractivity contribution in [3.63, 3.8) is 0 Å². The number of hydrogen-bond acceptors (Lipinski definition) is 4. The van der Waals surface area contributed by atoms with E-state index in [2.05, 4.69) is 21.2 Å². The maximum Gasteiger partial charge on any atom is 0.264 e. The predicted octanol–water partition coefficient (Wildman–Crippen LogP) is 5.51. The molecule has 1 N–H and O–H groups in total. The summed E-state index contributed by atoms with van der Waals surface area (Å²) in [6.07, 6.45) is 5.17. The number of anilines is 1. The number of rotatable bonds is 10. The van der Waals surface area contributed by atoms with Crippen molar-refractivity contribution >= 4 is 43.5 Å². The highest BCUT2D eigenvalue weighted by Gasteiger charge is 2.33. The fourth-order valence-electron chi connectivity index (χ4n) is 4.78. The molecule has 3 aromatic rings. The van der Waals surface area contributed by atoms with Crippen LogP contribution in [0.2, 0.25) is 0 Å². The van der Waals surface area contributed by atoms with Crippen LogP contribution >= 0.6 is 15.9 Å². The van der Waals surface area contributed by atoms with Crippen LogP contribution < -0.4 is 9.62 Å². The monoisotopic (exact) mass is 611 g/mol. The summed E-state index contributed by atoms with van der Waals surface area (Å²) in [7, 11) is -4.05. The molecule has 0 radical (unpaired) electrons. The molecule has 0 aromatic heterocycles. The second-order valence-electron chi connectivity index (χ2n) is 9.83. The molecule has 1 aliphatic rings. The summed E-state index contributed by atoms with van der Waals surface area (Å²) >= 11 is 3.43. The summed E-state index contributed by atoms with van der Waals surface area (Å²) < 4.78 is 29.5. The third kappa shape index (κ3) is 7.48. The van der Waals surface area contributed by atoms with E-state index in [1.807, 2.05) is 24.3 Å². The fourth-order valence-corrected chi connectivity index (χ4v) is 6.48. The van der Waals surface area contributed by atoms with Gasteiger partial charge < -0.3 is 10.2 Å². The number of nitrogens with one attached hydrogen (secondary N) is 1. The molecule has 39 heavy (non-hydrogen) atoms. The second-order valence-corrected chi connectivity index (χ2v) is 12.6. The maximum atomic E-state index is 13.9. The quantitative estimate of drug-likeness (QED) is 0.327. The van der Waals surface area contributed by atoms with Gasteiger partial charge in [-0.15, -0.1) is 0 Å². The third-order valence-electron chi connectivity index (χ3n) is 7.04. The number of carbonyl (C=O) groups excluding carboxylic acids is 2. The first-order valence-corrected chi connectivity index (χ1v) is 15.5.